The first-order chi connectivity index (χ1) is 13.4. The van der Waals surface area contributed by atoms with Crippen LogP contribution in [0.1, 0.15) is 16.1 Å². The maximum atomic E-state index is 12.2. The van der Waals surface area contributed by atoms with Crippen LogP contribution in [0.15, 0.2) is 52.1 Å². The summed E-state index contributed by atoms with van der Waals surface area (Å²) in [6.45, 7) is 0. The van der Waals surface area contributed by atoms with Crippen molar-refractivity contribution in [2.75, 3.05) is 7.11 Å². The lowest BCUT2D eigenvalue weighted by Gasteiger charge is -2.07. The van der Waals surface area contributed by atoms with Crippen molar-refractivity contribution < 1.29 is 18.9 Å². The van der Waals surface area contributed by atoms with Crippen molar-refractivity contribution >= 4 is 46.6 Å². The van der Waals surface area contributed by atoms with Gasteiger partial charge in [-0.15, -0.1) is 0 Å². The number of carbonyl (C=O) groups excluding carboxylic acids is 1. The van der Waals surface area contributed by atoms with E-state index in [4.69, 9.17) is 54.6 Å². The molecule has 0 aliphatic carbocycles. The Hall–Kier alpha value is -2.74. The first-order valence-electron chi connectivity index (χ1n) is 7.70. The molecule has 0 aliphatic heterocycles. The lowest BCUT2D eigenvalue weighted by atomic mass is 10.1. The van der Waals surface area contributed by atoms with Crippen molar-refractivity contribution in [1.29, 1.82) is 0 Å². The standard InChI is InChI=1S/C18H12Cl3N3O4/c1-26-15-5-3-9(19)6-12(15)17(22)24-28-18(25)14-8-16(27-23-14)11-4-2-10(20)7-13(11)21/h2-8H,1H3,(H2,22,24). The van der Waals surface area contributed by atoms with Crippen molar-refractivity contribution in [3.05, 3.63) is 68.8 Å². The molecule has 0 saturated heterocycles. The third-order valence-electron chi connectivity index (χ3n) is 3.58. The van der Waals surface area contributed by atoms with Crippen LogP contribution >= 0.6 is 34.8 Å². The number of oxime groups is 1. The molecule has 10 heteroatoms. The topological polar surface area (TPSA) is 99.9 Å². The van der Waals surface area contributed by atoms with E-state index in [1.807, 2.05) is 0 Å². The molecule has 0 bridgehead atoms. The number of halogens is 3. The van der Waals surface area contributed by atoms with Crippen LogP contribution in [-0.2, 0) is 4.84 Å². The van der Waals surface area contributed by atoms with E-state index in [0.29, 0.717) is 31.9 Å². The molecule has 1 aromatic heterocycles. The number of rotatable bonds is 5. The summed E-state index contributed by atoms with van der Waals surface area (Å²) in [5, 5.41) is 8.50. The van der Waals surface area contributed by atoms with Gasteiger partial charge in [-0.2, -0.15) is 0 Å². The third-order valence-corrected chi connectivity index (χ3v) is 4.36. The number of aromatic nitrogens is 1. The molecular formula is C18H12Cl3N3O4. The van der Waals surface area contributed by atoms with Gasteiger partial charge < -0.3 is 19.8 Å². The Labute approximate surface area is 174 Å². The number of hydrogen-bond donors (Lipinski definition) is 1. The van der Waals surface area contributed by atoms with E-state index >= 15 is 0 Å². The lowest BCUT2D eigenvalue weighted by Crippen LogP contribution is -2.16. The molecule has 0 saturated carbocycles. The van der Waals surface area contributed by atoms with E-state index < -0.39 is 5.97 Å². The molecule has 144 valence electrons. The highest BCUT2D eigenvalue weighted by Gasteiger charge is 2.18. The molecule has 0 fully saturated rings. The first-order valence-corrected chi connectivity index (χ1v) is 8.83. The number of hydrogen-bond acceptors (Lipinski definition) is 6. The van der Waals surface area contributed by atoms with Crippen LogP contribution in [0.4, 0.5) is 0 Å². The predicted molar refractivity (Wildman–Crippen MR) is 106 cm³/mol. The Kier molecular flexibility index (Phi) is 6.08. The highest BCUT2D eigenvalue weighted by molar-refractivity contribution is 6.36. The van der Waals surface area contributed by atoms with Crippen LogP contribution in [0.3, 0.4) is 0 Å². The van der Waals surface area contributed by atoms with Crippen molar-refractivity contribution in [3.63, 3.8) is 0 Å². The average molecular weight is 441 g/mol. The van der Waals surface area contributed by atoms with Crippen molar-refractivity contribution in [2.24, 2.45) is 10.9 Å². The third kappa shape index (κ3) is 4.39. The Morgan fingerprint density at radius 1 is 1.11 bits per heavy atom. The van der Waals surface area contributed by atoms with Crippen LogP contribution in [0, 0.1) is 0 Å². The number of methoxy groups -OCH3 is 1. The highest BCUT2D eigenvalue weighted by atomic mass is 35.5. The van der Waals surface area contributed by atoms with Gasteiger partial charge in [0.05, 0.1) is 17.7 Å². The van der Waals surface area contributed by atoms with Gasteiger partial charge in [-0.25, -0.2) is 4.79 Å². The number of benzene rings is 2. The zero-order valence-electron chi connectivity index (χ0n) is 14.3. The Bertz CT molecular complexity index is 1070. The summed E-state index contributed by atoms with van der Waals surface area (Å²) in [6.07, 6.45) is 0. The number of carbonyl (C=O) groups is 1. The number of ether oxygens (including phenoxy) is 1. The van der Waals surface area contributed by atoms with Gasteiger partial charge >= 0.3 is 5.97 Å². The zero-order valence-corrected chi connectivity index (χ0v) is 16.5. The summed E-state index contributed by atoms with van der Waals surface area (Å²) in [6, 6.07) is 11.0. The fourth-order valence-corrected chi connectivity index (χ4v) is 2.93. The van der Waals surface area contributed by atoms with E-state index in [9.17, 15) is 4.79 Å². The number of nitrogens with two attached hydrogens (primary N) is 1. The molecule has 1 heterocycles. The minimum absolute atomic E-state index is 0.0998. The van der Waals surface area contributed by atoms with Crippen LogP contribution in [0.5, 0.6) is 5.75 Å². The van der Waals surface area contributed by atoms with E-state index in [2.05, 4.69) is 10.3 Å². The molecule has 2 aromatic carbocycles. The van der Waals surface area contributed by atoms with Crippen molar-refractivity contribution in [1.82, 2.24) is 5.16 Å². The molecule has 0 radical (unpaired) electrons. The second-order valence-electron chi connectivity index (χ2n) is 5.40. The fraction of sp³-hybridized carbons (Fsp3) is 0.0556. The van der Waals surface area contributed by atoms with Gasteiger partial charge in [0, 0.05) is 21.7 Å². The Morgan fingerprint density at radius 2 is 1.82 bits per heavy atom. The quantitative estimate of drug-likeness (QED) is 0.265. The number of amidine groups is 1. The molecular weight excluding hydrogens is 429 g/mol. The molecule has 3 rings (SSSR count). The molecule has 3 aromatic rings. The molecule has 0 amide bonds. The monoisotopic (exact) mass is 439 g/mol. The number of nitrogens with zero attached hydrogens (tertiary/aromatic N) is 2. The van der Waals surface area contributed by atoms with Gasteiger partial charge in [0.25, 0.3) is 0 Å². The maximum Gasteiger partial charge on any atom is 0.387 e. The summed E-state index contributed by atoms with van der Waals surface area (Å²) in [4.78, 5) is 17.0. The molecule has 0 spiro atoms. The van der Waals surface area contributed by atoms with Crippen LogP contribution in [-0.4, -0.2) is 24.1 Å². The minimum atomic E-state index is -0.871. The van der Waals surface area contributed by atoms with Crippen molar-refractivity contribution in [2.45, 2.75) is 0 Å². The van der Waals surface area contributed by atoms with Gasteiger partial charge in [-0.1, -0.05) is 45.1 Å². The zero-order chi connectivity index (χ0) is 20.3. The molecule has 28 heavy (non-hydrogen) atoms. The predicted octanol–water partition coefficient (Wildman–Crippen LogP) is 4.79. The smallest absolute Gasteiger partial charge is 0.387 e. The fourth-order valence-electron chi connectivity index (χ4n) is 2.25. The molecule has 0 aliphatic rings. The molecule has 0 unspecified atom stereocenters. The van der Waals surface area contributed by atoms with Gasteiger partial charge in [0.2, 0.25) is 0 Å². The van der Waals surface area contributed by atoms with E-state index in [-0.39, 0.29) is 17.3 Å². The van der Waals surface area contributed by atoms with E-state index in [0.717, 1.165) is 0 Å². The summed E-state index contributed by atoms with van der Waals surface area (Å²) < 4.78 is 10.3. The van der Waals surface area contributed by atoms with E-state index in [1.54, 1.807) is 30.3 Å². The highest BCUT2D eigenvalue weighted by Crippen LogP contribution is 2.30. The van der Waals surface area contributed by atoms with Crippen molar-refractivity contribution in [3.8, 4) is 17.1 Å². The maximum absolute atomic E-state index is 12.2. The SMILES string of the molecule is COc1ccc(Cl)cc1/C(N)=N/OC(=O)c1cc(-c2ccc(Cl)cc2Cl)on1. The molecule has 2 N–H and O–H groups in total. The summed E-state index contributed by atoms with van der Waals surface area (Å²) in [7, 11) is 1.46. The lowest BCUT2D eigenvalue weighted by molar-refractivity contribution is 0.0504. The van der Waals surface area contributed by atoms with Crippen LogP contribution in [0.2, 0.25) is 15.1 Å². The normalized spacial score (nSPS) is 11.4. The Morgan fingerprint density at radius 3 is 2.54 bits per heavy atom. The van der Waals surface area contributed by atoms with Crippen LogP contribution < -0.4 is 10.5 Å². The summed E-state index contributed by atoms with van der Waals surface area (Å²) in [5.74, 6) is -0.286. The first kappa shape index (κ1) is 20.0. The van der Waals surface area contributed by atoms with Gasteiger partial charge in [0.1, 0.15) is 5.75 Å². The molecule has 7 nitrogen and oxygen atoms in total. The van der Waals surface area contributed by atoms with E-state index in [1.165, 1.54) is 19.2 Å². The average Bonchev–Trinajstić information content (AvgIpc) is 3.15. The largest absolute Gasteiger partial charge is 0.496 e. The van der Waals surface area contributed by atoms with Gasteiger partial charge in [-0.3, -0.25) is 0 Å². The second-order valence-corrected chi connectivity index (χ2v) is 6.68. The molecule has 0 atom stereocenters. The summed E-state index contributed by atoms with van der Waals surface area (Å²) in [5.41, 5.74) is 6.63. The Balaban J connectivity index is 1.78. The minimum Gasteiger partial charge on any atom is -0.496 e. The van der Waals surface area contributed by atoms with Gasteiger partial charge in [0.15, 0.2) is 17.3 Å². The summed E-state index contributed by atoms with van der Waals surface area (Å²) >= 11 is 17.9. The second kappa shape index (κ2) is 8.52. The van der Waals surface area contributed by atoms with Gasteiger partial charge in [-0.05, 0) is 36.4 Å². The van der Waals surface area contributed by atoms with Crippen LogP contribution in [0.25, 0.3) is 11.3 Å².